The molecule has 0 bridgehead atoms. The van der Waals surface area contributed by atoms with Gasteiger partial charge in [-0.05, 0) is 58.3 Å². The van der Waals surface area contributed by atoms with Crippen molar-refractivity contribution in [1.82, 2.24) is 19.1 Å². The lowest BCUT2D eigenvalue weighted by Crippen LogP contribution is -1.99. The highest BCUT2D eigenvalue weighted by Gasteiger charge is 2.18. The highest BCUT2D eigenvalue weighted by Crippen LogP contribution is 2.38. The maximum absolute atomic E-state index is 4.81. The van der Waals surface area contributed by atoms with Crippen LogP contribution < -0.4 is 0 Å². The topological polar surface area (TPSA) is 35.6 Å². The number of nitrogens with zero attached hydrogens (tertiary/aromatic N) is 4. The van der Waals surface area contributed by atoms with Gasteiger partial charge in [-0.3, -0.25) is 9.97 Å². The largest absolute Gasteiger partial charge is 0.315 e. The molecule has 0 aliphatic heterocycles. The summed E-state index contributed by atoms with van der Waals surface area (Å²) in [5.41, 5.74) is 8.96. The Balaban J connectivity index is 1.29. The summed E-state index contributed by atoms with van der Waals surface area (Å²) in [6, 6.07) is 43.2. The quantitative estimate of drug-likeness (QED) is 0.225. The summed E-state index contributed by atoms with van der Waals surface area (Å²) < 4.78 is 4.63. The van der Waals surface area contributed by atoms with Crippen LogP contribution in [0.25, 0.3) is 76.9 Å². The van der Waals surface area contributed by atoms with Crippen molar-refractivity contribution in [2.75, 3.05) is 0 Å². The van der Waals surface area contributed by atoms with Gasteiger partial charge in [0.15, 0.2) is 0 Å². The Morgan fingerprint density at radius 2 is 1.36 bits per heavy atom. The third-order valence-corrected chi connectivity index (χ3v) is 8.46. The van der Waals surface area contributed by atoms with Crippen LogP contribution in [0.5, 0.6) is 0 Å². The Hall–Kier alpha value is -5.74. The molecule has 0 N–H and O–H groups in total. The van der Waals surface area contributed by atoms with E-state index in [9.17, 15) is 0 Å². The number of aromatic nitrogens is 4. The molecule has 4 heteroatoms. The van der Waals surface area contributed by atoms with Crippen molar-refractivity contribution in [2.45, 2.75) is 0 Å². The van der Waals surface area contributed by atoms with Crippen molar-refractivity contribution in [3.05, 3.63) is 146 Å². The molecule has 4 nitrogen and oxygen atoms in total. The lowest BCUT2D eigenvalue weighted by Gasteiger charge is -2.13. The second kappa shape index (κ2) is 8.88. The zero-order valence-corrected chi connectivity index (χ0v) is 22.6. The zero-order chi connectivity index (χ0) is 27.6. The van der Waals surface area contributed by atoms with Gasteiger partial charge < -0.3 is 9.13 Å². The first-order chi connectivity index (χ1) is 20.8. The van der Waals surface area contributed by atoms with E-state index >= 15 is 0 Å². The summed E-state index contributed by atoms with van der Waals surface area (Å²) in [4.78, 5) is 9.33. The molecule has 0 fully saturated rings. The van der Waals surface area contributed by atoms with E-state index in [0.29, 0.717) is 0 Å². The van der Waals surface area contributed by atoms with Crippen LogP contribution >= 0.6 is 0 Å². The summed E-state index contributed by atoms with van der Waals surface area (Å²) >= 11 is 0. The van der Waals surface area contributed by atoms with E-state index in [1.807, 2.05) is 24.7 Å². The molecule has 0 atom stereocenters. The van der Waals surface area contributed by atoms with Crippen molar-refractivity contribution in [3.8, 4) is 22.5 Å². The molecule has 0 aliphatic carbocycles. The van der Waals surface area contributed by atoms with Crippen LogP contribution in [0.4, 0.5) is 0 Å². The molecular weight excluding hydrogens is 512 g/mol. The standard InChI is InChI=1S/C38H24N4/c1-3-9-31-25(6-1)8-5-10-32(31)26-12-15-29(16-13-26)41-21-19-27-14-17-34-33-18-20-39-24-36(33)42(38(34)37(27)41)30-22-28-7-2-4-11-35(28)40-23-30/h1-24H. The highest BCUT2D eigenvalue weighted by molar-refractivity contribution is 6.18. The van der Waals surface area contributed by atoms with E-state index in [4.69, 9.17) is 4.98 Å². The normalized spacial score (nSPS) is 11.8. The van der Waals surface area contributed by atoms with Gasteiger partial charge in [-0.25, -0.2) is 0 Å². The molecule has 196 valence electrons. The molecule has 0 saturated heterocycles. The Labute approximate surface area is 241 Å². The molecule has 42 heavy (non-hydrogen) atoms. The number of fused-ring (bicyclic) bond motifs is 7. The molecule has 4 aromatic heterocycles. The van der Waals surface area contributed by atoms with Gasteiger partial charge in [0.05, 0.1) is 40.1 Å². The molecule has 0 spiro atoms. The van der Waals surface area contributed by atoms with Crippen molar-refractivity contribution in [2.24, 2.45) is 0 Å². The van der Waals surface area contributed by atoms with Crippen molar-refractivity contribution >= 4 is 54.4 Å². The van der Waals surface area contributed by atoms with Crippen molar-refractivity contribution in [1.29, 1.82) is 0 Å². The third kappa shape index (κ3) is 3.36. The molecule has 0 saturated carbocycles. The first-order valence-corrected chi connectivity index (χ1v) is 14.2. The highest BCUT2D eigenvalue weighted by atomic mass is 15.0. The lowest BCUT2D eigenvalue weighted by molar-refractivity contribution is 1.11. The number of hydrogen-bond donors (Lipinski definition) is 0. The van der Waals surface area contributed by atoms with Gasteiger partial charge in [0.2, 0.25) is 0 Å². The second-order valence-electron chi connectivity index (χ2n) is 10.8. The summed E-state index contributed by atoms with van der Waals surface area (Å²) in [5.74, 6) is 0. The molecule has 0 amide bonds. The average Bonchev–Trinajstić information content (AvgIpc) is 3.64. The van der Waals surface area contributed by atoms with Gasteiger partial charge in [-0.1, -0.05) is 84.9 Å². The van der Waals surface area contributed by atoms with Gasteiger partial charge in [-0.2, -0.15) is 0 Å². The van der Waals surface area contributed by atoms with Gasteiger partial charge in [0.1, 0.15) is 0 Å². The second-order valence-corrected chi connectivity index (χ2v) is 10.8. The molecule has 0 unspecified atom stereocenters. The maximum atomic E-state index is 4.81. The fourth-order valence-corrected chi connectivity index (χ4v) is 6.51. The fraction of sp³-hybridized carbons (Fsp3) is 0. The first-order valence-electron chi connectivity index (χ1n) is 14.2. The molecule has 9 rings (SSSR count). The minimum Gasteiger partial charge on any atom is -0.315 e. The minimum absolute atomic E-state index is 0.986. The van der Waals surface area contributed by atoms with Crippen LogP contribution in [-0.2, 0) is 0 Å². The van der Waals surface area contributed by atoms with Crippen LogP contribution in [0.1, 0.15) is 0 Å². The Kier molecular flexibility index (Phi) is 4.87. The van der Waals surface area contributed by atoms with Gasteiger partial charge in [0, 0.05) is 39.6 Å². The number of para-hydroxylation sites is 1. The summed E-state index contributed by atoms with van der Waals surface area (Å²) in [6.45, 7) is 0. The molecular formula is C38H24N4. The van der Waals surface area contributed by atoms with Crippen LogP contribution in [0.15, 0.2) is 146 Å². The van der Waals surface area contributed by atoms with Gasteiger partial charge >= 0.3 is 0 Å². The van der Waals surface area contributed by atoms with Crippen LogP contribution in [0.3, 0.4) is 0 Å². The Bertz CT molecular complexity index is 2460. The Morgan fingerprint density at radius 1 is 0.524 bits per heavy atom. The smallest absolute Gasteiger partial charge is 0.0789 e. The number of rotatable bonds is 3. The van der Waals surface area contributed by atoms with Crippen molar-refractivity contribution in [3.63, 3.8) is 0 Å². The van der Waals surface area contributed by atoms with E-state index < -0.39 is 0 Å². The third-order valence-electron chi connectivity index (χ3n) is 8.46. The van der Waals surface area contributed by atoms with E-state index in [1.165, 1.54) is 38.1 Å². The van der Waals surface area contributed by atoms with Gasteiger partial charge in [-0.15, -0.1) is 0 Å². The predicted molar refractivity (Wildman–Crippen MR) is 174 cm³/mol. The molecule has 9 aromatic rings. The van der Waals surface area contributed by atoms with Crippen LogP contribution in [0, 0.1) is 0 Å². The molecule has 0 aliphatic rings. The molecule has 5 aromatic carbocycles. The van der Waals surface area contributed by atoms with Crippen LogP contribution in [0.2, 0.25) is 0 Å². The van der Waals surface area contributed by atoms with E-state index in [-0.39, 0.29) is 0 Å². The molecule has 0 radical (unpaired) electrons. The van der Waals surface area contributed by atoms with E-state index in [1.54, 1.807) is 0 Å². The van der Waals surface area contributed by atoms with Crippen molar-refractivity contribution < 1.29 is 0 Å². The monoisotopic (exact) mass is 536 g/mol. The lowest BCUT2D eigenvalue weighted by atomic mass is 9.98. The van der Waals surface area contributed by atoms with E-state index in [0.717, 1.165) is 38.8 Å². The Morgan fingerprint density at radius 3 is 2.29 bits per heavy atom. The minimum atomic E-state index is 0.986. The van der Waals surface area contributed by atoms with Crippen LogP contribution in [-0.4, -0.2) is 19.1 Å². The number of benzene rings is 5. The summed E-state index contributed by atoms with van der Waals surface area (Å²) in [7, 11) is 0. The zero-order valence-electron chi connectivity index (χ0n) is 22.6. The average molecular weight is 537 g/mol. The first kappa shape index (κ1) is 23.0. The number of hydrogen-bond acceptors (Lipinski definition) is 2. The predicted octanol–water partition coefficient (Wildman–Crippen LogP) is 9.49. The fourth-order valence-electron chi connectivity index (χ4n) is 6.51. The summed E-state index contributed by atoms with van der Waals surface area (Å²) in [5, 5.41) is 7.19. The van der Waals surface area contributed by atoms with Gasteiger partial charge in [0.25, 0.3) is 0 Å². The van der Waals surface area contributed by atoms with E-state index in [2.05, 4.69) is 136 Å². The number of pyridine rings is 2. The summed E-state index contributed by atoms with van der Waals surface area (Å²) in [6.07, 6.45) is 7.98. The molecule has 4 heterocycles. The SMILES string of the molecule is c1ccc2ncc(-n3c4cnccc4c4ccc5ccn(-c6ccc(-c7cccc8ccccc78)cc6)c5c43)cc2c1. The maximum Gasteiger partial charge on any atom is 0.0789 e.